The van der Waals surface area contributed by atoms with Gasteiger partial charge in [0.05, 0.1) is 0 Å². The van der Waals surface area contributed by atoms with E-state index in [0.29, 0.717) is 0 Å². The molecule has 0 N–H and O–H groups in total. The van der Waals surface area contributed by atoms with Crippen molar-refractivity contribution in [2.75, 3.05) is 54.5 Å². The van der Waals surface area contributed by atoms with E-state index in [0.717, 1.165) is 32.4 Å². The third-order valence-electron chi connectivity index (χ3n) is 4.58. The van der Waals surface area contributed by atoms with E-state index in [1.807, 2.05) is 0 Å². The molecule has 1 heterocycles. The van der Waals surface area contributed by atoms with Gasteiger partial charge in [0.25, 0.3) is 0 Å². The predicted octanol–water partition coefficient (Wildman–Crippen LogP) is 3.06. The van der Waals surface area contributed by atoms with Gasteiger partial charge in [0.1, 0.15) is 34.9 Å². The van der Waals surface area contributed by atoms with Gasteiger partial charge < -0.3 is 19.9 Å². The first-order chi connectivity index (χ1) is 17.3. The molecule has 3 rings (SSSR count). The van der Waals surface area contributed by atoms with Crippen molar-refractivity contribution in [1.82, 2.24) is 9.80 Å². The van der Waals surface area contributed by atoms with Crippen LogP contribution in [0.25, 0.3) is 5.32 Å². The standard InChI is InChI=1S/C13F9N2.C6H16N2.C4H8O.Li/c14-3-2(1-23)4(15)9(20)12(8(3)19)24-13-10(21)6(17)5(16)7(18)11(13)22;1-7(2)5-6-8(3)4;1-2-4-5-3-1;/h;5-6H2,1-4H3;1-4H2;/q-1;;;+1. The maximum Gasteiger partial charge on any atom is 1.00 e. The first-order valence-corrected chi connectivity index (χ1v) is 10.6. The molecule has 0 spiro atoms. The van der Waals surface area contributed by atoms with E-state index >= 15 is 0 Å². The van der Waals surface area contributed by atoms with Gasteiger partial charge in [-0.3, -0.25) is 0 Å². The van der Waals surface area contributed by atoms with Crippen LogP contribution in [-0.4, -0.2) is 64.3 Å². The van der Waals surface area contributed by atoms with E-state index in [1.165, 1.54) is 12.8 Å². The molecule has 206 valence electrons. The SMILES string of the molecule is C1CCOC1.CN(C)CCN(C)C.N#Cc1c(F)c(F)c([N-]c2c(F)c(F)c(F)c(F)c2F)c(F)c1F.[Li+]. The zero-order chi connectivity index (χ0) is 28.4. The normalized spacial score (nSPS) is 12.3. The maximum atomic E-state index is 13.6. The Morgan fingerprint density at radius 2 is 0.947 bits per heavy atom. The van der Waals surface area contributed by atoms with Crippen LogP contribution < -0.4 is 18.9 Å². The van der Waals surface area contributed by atoms with Crippen molar-refractivity contribution in [3.8, 4) is 6.07 Å². The number of halogens is 9. The second-order valence-electron chi connectivity index (χ2n) is 8.05. The van der Waals surface area contributed by atoms with E-state index in [9.17, 15) is 39.5 Å². The Morgan fingerprint density at radius 1 is 0.632 bits per heavy atom. The summed E-state index contributed by atoms with van der Waals surface area (Å²) < 4.78 is 124. The Balaban J connectivity index is 0.000000803. The number of nitriles is 1. The van der Waals surface area contributed by atoms with Crippen molar-refractivity contribution >= 4 is 11.4 Å². The van der Waals surface area contributed by atoms with Gasteiger partial charge in [-0.05, 0) is 41.0 Å². The van der Waals surface area contributed by atoms with E-state index in [1.54, 1.807) is 0 Å². The second-order valence-corrected chi connectivity index (χ2v) is 8.05. The van der Waals surface area contributed by atoms with Crippen LogP contribution in [0.15, 0.2) is 0 Å². The molecule has 0 bridgehead atoms. The minimum Gasteiger partial charge on any atom is -0.648 e. The summed E-state index contributed by atoms with van der Waals surface area (Å²) in [6, 6.07) is 0.795. The van der Waals surface area contributed by atoms with Gasteiger partial charge in [-0.25, -0.2) is 39.5 Å². The predicted molar refractivity (Wildman–Crippen MR) is 117 cm³/mol. The molecular formula is C23H24F9LiN4O. The maximum absolute atomic E-state index is 13.6. The van der Waals surface area contributed by atoms with E-state index in [-0.39, 0.29) is 18.9 Å². The van der Waals surface area contributed by atoms with Gasteiger partial charge in [-0.2, -0.15) is 5.26 Å². The summed E-state index contributed by atoms with van der Waals surface area (Å²) in [6.45, 7) is 4.29. The van der Waals surface area contributed by atoms with Crippen molar-refractivity contribution in [3.05, 3.63) is 63.2 Å². The molecule has 0 amide bonds. The van der Waals surface area contributed by atoms with Crippen molar-refractivity contribution in [1.29, 1.82) is 5.26 Å². The number of ether oxygens (including phenoxy) is 1. The third kappa shape index (κ3) is 9.40. The summed E-state index contributed by atoms with van der Waals surface area (Å²) in [7, 11) is 8.35. The number of hydrogen-bond acceptors (Lipinski definition) is 4. The molecule has 0 aromatic heterocycles. The molecule has 0 atom stereocenters. The largest absolute Gasteiger partial charge is 1.00 e. The molecule has 1 aliphatic heterocycles. The minimum absolute atomic E-state index is 0. The molecule has 5 nitrogen and oxygen atoms in total. The summed E-state index contributed by atoms with van der Waals surface area (Å²) in [5.41, 5.74) is -5.76. The zero-order valence-corrected chi connectivity index (χ0v) is 21.3. The van der Waals surface area contributed by atoms with Crippen molar-refractivity contribution in [2.45, 2.75) is 12.8 Å². The average Bonchev–Trinajstić information content (AvgIpc) is 3.45. The Kier molecular flexibility index (Phi) is 15.5. The van der Waals surface area contributed by atoms with Crippen LogP contribution in [0.1, 0.15) is 18.4 Å². The summed E-state index contributed by atoms with van der Waals surface area (Å²) in [5.74, 6) is -21.9. The molecule has 1 fully saturated rings. The molecule has 0 aliphatic carbocycles. The molecule has 0 radical (unpaired) electrons. The van der Waals surface area contributed by atoms with E-state index in [4.69, 9.17) is 10.00 Å². The third-order valence-corrected chi connectivity index (χ3v) is 4.58. The Hall–Kier alpha value is -2.42. The van der Waals surface area contributed by atoms with Crippen LogP contribution in [0.2, 0.25) is 0 Å². The Morgan fingerprint density at radius 3 is 1.21 bits per heavy atom. The summed E-state index contributed by atoms with van der Waals surface area (Å²) in [5, 5.41) is 10.8. The van der Waals surface area contributed by atoms with Gasteiger partial charge in [0.15, 0.2) is 29.1 Å². The van der Waals surface area contributed by atoms with Crippen LogP contribution in [0.5, 0.6) is 0 Å². The monoisotopic (exact) mass is 550 g/mol. The van der Waals surface area contributed by atoms with Crippen LogP contribution in [-0.2, 0) is 4.74 Å². The summed E-state index contributed by atoms with van der Waals surface area (Å²) in [6.07, 6.45) is 2.56. The quantitative estimate of drug-likeness (QED) is 0.249. The number of benzene rings is 2. The van der Waals surface area contributed by atoms with Gasteiger partial charge in [-0.15, -0.1) is 0 Å². The van der Waals surface area contributed by atoms with E-state index in [2.05, 4.69) is 43.3 Å². The smallest absolute Gasteiger partial charge is 0.648 e. The summed E-state index contributed by atoms with van der Waals surface area (Å²) >= 11 is 0. The molecule has 0 unspecified atom stereocenters. The summed E-state index contributed by atoms with van der Waals surface area (Å²) in [4.78, 5) is 4.36. The zero-order valence-electron chi connectivity index (χ0n) is 21.3. The topological polar surface area (TPSA) is 53.6 Å². The van der Waals surface area contributed by atoms with Crippen LogP contribution in [0, 0.1) is 63.7 Å². The molecule has 15 heteroatoms. The molecule has 1 saturated heterocycles. The molecule has 1 aliphatic rings. The number of nitrogens with zero attached hydrogens (tertiary/aromatic N) is 4. The van der Waals surface area contributed by atoms with Crippen molar-refractivity contribution in [2.24, 2.45) is 0 Å². The average molecular weight is 550 g/mol. The molecule has 38 heavy (non-hydrogen) atoms. The Labute approximate surface area is 226 Å². The second kappa shape index (κ2) is 16.5. The first-order valence-electron chi connectivity index (χ1n) is 10.6. The molecular weight excluding hydrogens is 526 g/mol. The van der Waals surface area contributed by atoms with Gasteiger partial charge >= 0.3 is 18.9 Å². The molecule has 2 aromatic rings. The minimum atomic E-state index is -2.57. The first kappa shape index (κ1) is 35.6. The van der Waals surface area contributed by atoms with Crippen molar-refractivity contribution < 1.29 is 63.1 Å². The van der Waals surface area contributed by atoms with Crippen LogP contribution in [0.3, 0.4) is 0 Å². The fourth-order valence-corrected chi connectivity index (χ4v) is 2.53. The van der Waals surface area contributed by atoms with Crippen molar-refractivity contribution in [3.63, 3.8) is 0 Å². The van der Waals surface area contributed by atoms with E-state index < -0.39 is 69.3 Å². The fourth-order valence-electron chi connectivity index (χ4n) is 2.53. The van der Waals surface area contributed by atoms with Gasteiger partial charge in [0, 0.05) is 26.3 Å². The molecule has 2 aromatic carbocycles. The fraction of sp³-hybridized carbons (Fsp3) is 0.435. The van der Waals surface area contributed by atoms with Gasteiger partial charge in [-0.1, -0.05) is 11.4 Å². The van der Waals surface area contributed by atoms with Crippen LogP contribution >= 0.6 is 0 Å². The number of likely N-dealkylation sites (N-methyl/N-ethyl adjacent to an activating group) is 2. The molecule has 0 saturated carbocycles. The number of rotatable bonds is 5. The Bertz CT molecular complexity index is 1050. The van der Waals surface area contributed by atoms with Crippen LogP contribution in [0.4, 0.5) is 50.9 Å². The number of hydrogen-bond donors (Lipinski definition) is 0. The van der Waals surface area contributed by atoms with Gasteiger partial charge in [0.2, 0.25) is 0 Å².